The number of nitrogens with one attached hydrogen (secondary N) is 4. The molecule has 0 saturated heterocycles. The van der Waals surface area contributed by atoms with Crippen LogP contribution in [-0.2, 0) is 28.8 Å². The van der Waals surface area contributed by atoms with Crippen LogP contribution in [-0.4, -0.2) is 89.1 Å². The Kier molecular flexibility index (Phi) is 16.2. The maximum absolute atomic E-state index is 13.7. The molecular weight excluding hydrogens is 578 g/mol. The van der Waals surface area contributed by atoms with Gasteiger partial charge in [0.05, 0.1) is 31.2 Å². The molecule has 3 amide bonds. The van der Waals surface area contributed by atoms with Gasteiger partial charge >= 0.3 is 5.97 Å². The number of carboxylic acids is 1. The maximum Gasteiger partial charge on any atom is 0.317 e. The van der Waals surface area contributed by atoms with E-state index >= 15 is 0 Å². The summed E-state index contributed by atoms with van der Waals surface area (Å²) in [7, 11) is 0. The van der Waals surface area contributed by atoms with Crippen molar-refractivity contribution in [2.45, 2.75) is 129 Å². The van der Waals surface area contributed by atoms with Crippen molar-refractivity contribution in [3.05, 3.63) is 11.8 Å². The molecular formula is C33H55N5O7. The Morgan fingerprint density at radius 3 is 2.29 bits per heavy atom. The molecule has 2 unspecified atom stereocenters. The molecule has 0 aromatic heterocycles. The molecule has 2 rings (SSSR count). The Bertz CT molecular complexity index is 1070. The molecule has 5 N–H and O–H groups in total. The van der Waals surface area contributed by atoms with Crippen LogP contribution in [0.2, 0.25) is 0 Å². The van der Waals surface area contributed by atoms with Crippen LogP contribution < -0.4 is 21.3 Å². The molecule has 45 heavy (non-hydrogen) atoms. The third kappa shape index (κ3) is 13.3. The fraction of sp³-hybridized carbons (Fsp3) is 0.758. The summed E-state index contributed by atoms with van der Waals surface area (Å²) in [5.74, 6) is -2.03. The van der Waals surface area contributed by atoms with E-state index in [9.17, 15) is 28.8 Å². The smallest absolute Gasteiger partial charge is 0.317 e. The summed E-state index contributed by atoms with van der Waals surface area (Å²) in [4.78, 5) is 76.5. The summed E-state index contributed by atoms with van der Waals surface area (Å²) < 4.78 is 0. The number of Topliss-reactive ketones (excluding diaryl/α,β-unsaturated/α-hetero) is 2. The maximum atomic E-state index is 13.7. The van der Waals surface area contributed by atoms with Gasteiger partial charge in [-0.2, -0.15) is 0 Å². The van der Waals surface area contributed by atoms with Gasteiger partial charge in [0, 0.05) is 31.5 Å². The van der Waals surface area contributed by atoms with Crippen LogP contribution in [0.4, 0.5) is 0 Å². The van der Waals surface area contributed by atoms with Crippen molar-refractivity contribution in [1.82, 2.24) is 26.2 Å². The van der Waals surface area contributed by atoms with Gasteiger partial charge < -0.3 is 26.0 Å². The molecule has 0 aromatic rings. The van der Waals surface area contributed by atoms with E-state index < -0.39 is 29.5 Å². The van der Waals surface area contributed by atoms with Crippen LogP contribution in [0.15, 0.2) is 11.8 Å². The fourth-order valence-electron chi connectivity index (χ4n) is 5.49. The predicted molar refractivity (Wildman–Crippen MR) is 171 cm³/mol. The molecule has 1 fully saturated rings. The molecule has 1 saturated carbocycles. The van der Waals surface area contributed by atoms with Crippen molar-refractivity contribution in [3.8, 4) is 0 Å². The zero-order valence-electron chi connectivity index (χ0n) is 27.7. The minimum absolute atomic E-state index is 0.0355. The fourth-order valence-corrected chi connectivity index (χ4v) is 5.49. The Morgan fingerprint density at radius 1 is 0.956 bits per heavy atom. The molecule has 12 nitrogen and oxygen atoms in total. The Hall–Kier alpha value is -3.28. The van der Waals surface area contributed by atoms with Crippen LogP contribution in [0, 0.1) is 5.92 Å². The van der Waals surface area contributed by atoms with Gasteiger partial charge in [-0.1, -0.05) is 53.0 Å². The highest BCUT2D eigenvalue weighted by Crippen LogP contribution is 2.38. The molecule has 2 atom stereocenters. The zero-order valence-corrected chi connectivity index (χ0v) is 27.7. The molecule has 0 aromatic carbocycles. The second-order valence-corrected chi connectivity index (χ2v) is 12.7. The van der Waals surface area contributed by atoms with E-state index in [-0.39, 0.29) is 55.4 Å². The quantitative estimate of drug-likeness (QED) is 0.112. The van der Waals surface area contributed by atoms with Gasteiger partial charge in [0.25, 0.3) is 0 Å². The average molecular weight is 634 g/mol. The number of nitrogens with zero attached hydrogens (tertiary/aromatic N) is 1. The lowest BCUT2D eigenvalue weighted by molar-refractivity contribution is -0.137. The van der Waals surface area contributed by atoms with Gasteiger partial charge in [0.1, 0.15) is 11.8 Å². The van der Waals surface area contributed by atoms with E-state index in [2.05, 4.69) is 28.2 Å². The molecule has 2 aliphatic rings. The number of hydrogen-bond acceptors (Lipinski definition) is 8. The summed E-state index contributed by atoms with van der Waals surface area (Å²) in [6.45, 7) is 7.86. The predicted octanol–water partition coefficient (Wildman–Crippen LogP) is 2.60. The van der Waals surface area contributed by atoms with Crippen LogP contribution in [0.1, 0.15) is 111 Å². The van der Waals surface area contributed by atoms with Crippen LogP contribution in [0.3, 0.4) is 0 Å². The molecule has 1 aliphatic heterocycles. The number of rotatable bonds is 22. The largest absolute Gasteiger partial charge is 0.480 e. The first-order valence-electron chi connectivity index (χ1n) is 16.8. The molecule has 0 radical (unpaired) electrons. The molecule has 1 aliphatic carbocycles. The van der Waals surface area contributed by atoms with Gasteiger partial charge in [-0.25, -0.2) is 0 Å². The summed E-state index contributed by atoms with van der Waals surface area (Å²) >= 11 is 0. The van der Waals surface area contributed by atoms with Crippen LogP contribution >= 0.6 is 0 Å². The van der Waals surface area contributed by atoms with Crippen molar-refractivity contribution < 1.29 is 33.9 Å². The SMILES string of the molecule is CCCCCC(NC1=CCCCN(C(=O)C(NC(=O)CNC(=O)CCCCC(=O)CC)C(C)C)C1)C(=O)C1(NCC(=O)O)CC1. The topological polar surface area (TPSA) is 174 Å². The normalized spacial score (nSPS) is 17.0. The van der Waals surface area contributed by atoms with Gasteiger partial charge in [-0.3, -0.25) is 34.1 Å². The van der Waals surface area contributed by atoms with E-state index in [0.29, 0.717) is 51.5 Å². The first kappa shape index (κ1) is 37.9. The minimum atomic E-state index is -1.00. The summed E-state index contributed by atoms with van der Waals surface area (Å²) in [6, 6.07) is -1.29. The van der Waals surface area contributed by atoms with Gasteiger partial charge in [-0.05, 0) is 50.9 Å². The van der Waals surface area contributed by atoms with Gasteiger partial charge in [-0.15, -0.1) is 0 Å². The summed E-state index contributed by atoms with van der Waals surface area (Å²) in [5.41, 5.74) is -0.0500. The summed E-state index contributed by atoms with van der Waals surface area (Å²) in [5, 5.41) is 20.9. The number of unbranched alkanes of at least 4 members (excludes halogenated alkanes) is 3. The standard InChI is InChI=1S/C33H55N5O7/c1-5-7-8-15-26(31(44)33(17-18-33)35-21-29(42)43)36-24-13-11-12-19-38(22-24)32(45)30(23(3)4)37-28(41)20-34-27(40)16-10-9-14-25(39)6-2/h13,23,26,30,35-36H,5-12,14-22H2,1-4H3,(H,34,40)(H,37,41)(H,42,43). The average Bonchev–Trinajstić information content (AvgIpc) is 3.83. The highest BCUT2D eigenvalue weighted by atomic mass is 16.4. The van der Waals surface area contributed by atoms with Gasteiger partial charge in [0.2, 0.25) is 17.7 Å². The van der Waals surface area contributed by atoms with E-state index in [4.69, 9.17) is 5.11 Å². The lowest BCUT2D eigenvalue weighted by Crippen LogP contribution is -2.54. The van der Waals surface area contributed by atoms with E-state index in [1.54, 1.807) is 4.90 Å². The molecule has 254 valence electrons. The third-order valence-electron chi connectivity index (χ3n) is 8.47. The monoisotopic (exact) mass is 633 g/mol. The number of allylic oxidation sites excluding steroid dienone is 1. The minimum Gasteiger partial charge on any atom is -0.480 e. The number of ketones is 2. The van der Waals surface area contributed by atoms with Gasteiger partial charge in [0.15, 0.2) is 5.78 Å². The van der Waals surface area contributed by atoms with Crippen LogP contribution in [0.25, 0.3) is 0 Å². The highest BCUT2D eigenvalue weighted by molar-refractivity contribution is 5.96. The number of aliphatic carboxylic acids is 1. The van der Waals surface area contributed by atoms with E-state index in [0.717, 1.165) is 37.8 Å². The van der Waals surface area contributed by atoms with Crippen molar-refractivity contribution >= 4 is 35.3 Å². The molecule has 1 heterocycles. The van der Waals surface area contributed by atoms with E-state index in [1.807, 2.05) is 26.8 Å². The second kappa shape index (κ2) is 19.3. The summed E-state index contributed by atoms with van der Waals surface area (Å²) in [6.07, 6.45) is 10.5. The number of carbonyl (C=O) groups excluding carboxylic acids is 5. The third-order valence-corrected chi connectivity index (χ3v) is 8.47. The molecule has 0 bridgehead atoms. The zero-order chi connectivity index (χ0) is 33.4. The highest BCUT2D eigenvalue weighted by Gasteiger charge is 2.51. The molecule has 12 heteroatoms. The van der Waals surface area contributed by atoms with Crippen molar-refractivity contribution in [2.24, 2.45) is 5.92 Å². The second-order valence-electron chi connectivity index (χ2n) is 12.7. The van der Waals surface area contributed by atoms with E-state index in [1.165, 1.54) is 0 Å². The van der Waals surface area contributed by atoms with Crippen LogP contribution in [0.5, 0.6) is 0 Å². The van der Waals surface area contributed by atoms with Crippen molar-refractivity contribution in [3.63, 3.8) is 0 Å². The Balaban J connectivity index is 1.99. The van der Waals surface area contributed by atoms with Crippen molar-refractivity contribution in [1.29, 1.82) is 0 Å². The Labute approximate surface area is 267 Å². The number of amides is 3. The number of carbonyl (C=O) groups is 6. The molecule has 0 spiro atoms. The Morgan fingerprint density at radius 2 is 1.67 bits per heavy atom. The number of carboxylic acid groups (broad SMARTS) is 1. The lowest BCUT2D eigenvalue weighted by Gasteiger charge is -2.31. The van der Waals surface area contributed by atoms with Crippen molar-refractivity contribution in [2.75, 3.05) is 26.2 Å². The first-order valence-corrected chi connectivity index (χ1v) is 16.8. The lowest BCUT2D eigenvalue weighted by atomic mass is 9.97. The number of hydrogen-bond donors (Lipinski definition) is 5. The first-order chi connectivity index (χ1) is 21.4.